The predicted octanol–water partition coefficient (Wildman–Crippen LogP) is 2.59. The first-order valence-corrected chi connectivity index (χ1v) is 5.09. The maximum Gasteiger partial charge on any atom is 0.416 e. The van der Waals surface area contributed by atoms with Crippen molar-refractivity contribution in [1.29, 1.82) is 0 Å². The first-order chi connectivity index (χ1) is 8.39. The quantitative estimate of drug-likeness (QED) is 0.503. The van der Waals surface area contributed by atoms with E-state index in [1.165, 1.54) is 18.3 Å². The van der Waals surface area contributed by atoms with E-state index in [1.54, 1.807) is 0 Å². The van der Waals surface area contributed by atoms with Crippen LogP contribution in [0.1, 0.15) is 11.1 Å². The lowest BCUT2D eigenvalue weighted by atomic mass is 10.1. The van der Waals surface area contributed by atoms with Gasteiger partial charge >= 0.3 is 6.18 Å². The van der Waals surface area contributed by atoms with Crippen LogP contribution in [-0.2, 0) is 12.6 Å². The van der Waals surface area contributed by atoms with E-state index in [2.05, 4.69) is 5.32 Å². The number of nitro groups is 1. The van der Waals surface area contributed by atoms with Crippen LogP contribution in [-0.4, -0.2) is 11.5 Å². The van der Waals surface area contributed by atoms with Crippen molar-refractivity contribution in [3.63, 3.8) is 0 Å². The molecule has 1 aromatic carbocycles. The van der Waals surface area contributed by atoms with E-state index in [0.717, 1.165) is 23.9 Å². The third kappa shape index (κ3) is 4.86. The lowest BCUT2D eigenvalue weighted by Crippen LogP contribution is -2.11. The van der Waals surface area contributed by atoms with Crippen LogP contribution in [0.2, 0.25) is 0 Å². The molecule has 98 valence electrons. The second-order valence-corrected chi connectivity index (χ2v) is 3.50. The second kappa shape index (κ2) is 6.04. The molecule has 0 aliphatic heterocycles. The number of nitrogens with one attached hydrogen (secondary N) is 1. The Morgan fingerprint density at radius 3 is 2.39 bits per heavy atom. The predicted molar refractivity (Wildman–Crippen MR) is 59.3 cm³/mol. The molecule has 1 rings (SSSR count). The monoisotopic (exact) mass is 260 g/mol. The summed E-state index contributed by atoms with van der Waals surface area (Å²) in [6.45, 7) is 0.412. The van der Waals surface area contributed by atoms with E-state index in [4.69, 9.17) is 0 Å². The van der Waals surface area contributed by atoms with Gasteiger partial charge in [-0.15, -0.1) is 0 Å². The summed E-state index contributed by atoms with van der Waals surface area (Å²) in [5.41, 5.74) is 0.0393. The topological polar surface area (TPSA) is 55.2 Å². The largest absolute Gasteiger partial charge is 0.416 e. The molecule has 0 amide bonds. The molecule has 0 unspecified atom stereocenters. The molecule has 0 aliphatic carbocycles. The van der Waals surface area contributed by atoms with Gasteiger partial charge in [-0.05, 0) is 24.1 Å². The Kier molecular flexibility index (Phi) is 4.70. The lowest BCUT2D eigenvalue weighted by molar-refractivity contribution is -0.402. The fourth-order valence-corrected chi connectivity index (χ4v) is 1.27. The first kappa shape index (κ1) is 14.0. The Labute approximate surface area is 101 Å². The van der Waals surface area contributed by atoms with Gasteiger partial charge < -0.3 is 5.32 Å². The van der Waals surface area contributed by atoms with E-state index in [0.29, 0.717) is 13.0 Å². The van der Waals surface area contributed by atoms with Gasteiger partial charge in [0.25, 0.3) is 0 Å². The summed E-state index contributed by atoms with van der Waals surface area (Å²) < 4.78 is 36.8. The Hall–Kier alpha value is -2.05. The molecule has 0 saturated carbocycles. The second-order valence-electron chi connectivity index (χ2n) is 3.50. The molecule has 0 spiro atoms. The molecule has 4 nitrogen and oxygen atoms in total. The number of alkyl halides is 3. The van der Waals surface area contributed by atoms with Crippen LogP contribution in [0.4, 0.5) is 13.2 Å². The van der Waals surface area contributed by atoms with Gasteiger partial charge in [-0.2, -0.15) is 13.2 Å². The molecule has 0 aromatic heterocycles. The highest BCUT2D eigenvalue weighted by atomic mass is 19.4. The van der Waals surface area contributed by atoms with E-state index in [1.807, 2.05) is 0 Å². The molecule has 1 aromatic rings. The van der Waals surface area contributed by atoms with Crippen LogP contribution >= 0.6 is 0 Å². The summed E-state index contributed by atoms with van der Waals surface area (Å²) in [5, 5.41) is 12.6. The van der Waals surface area contributed by atoms with Crippen LogP contribution < -0.4 is 5.32 Å². The zero-order valence-electron chi connectivity index (χ0n) is 9.28. The summed E-state index contributed by atoms with van der Waals surface area (Å²) >= 11 is 0. The third-order valence-electron chi connectivity index (χ3n) is 2.15. The molecule has 0 atom stereocenters. The Balaban J connectivity index is 2.43. The van der Waals surface area contributed by atoms with Crippen molar-refractivity contribution in [2.45, 2.75) is 12.6 Å². The Morgan fingerprint density at radius 2 is 1.89 bits per heavy atom. The van der Waals surface area contributed by atoms with Crippen LogP contribution in [0, 0.1) is 10.1 Å². The average molecular weight is 260 g/mol. The van der Waals surface area contributed by atoms with E-state index < -0.39 is 16.7 Å². The fourth-order valence-electron chi connectivity index (χ4n) is 1.27. The summed E-state index contributed by atoms with van der Waals surface area (Å²) in [4.78, 5) is 9.33. The van der Waals surface area contributed by atoms with Gasteiger partial charge in [-0.1, -0.05) is 12.1 Å². The Bertz CT molecular complexity index is 427. The molecular formula is C11H11F3N2O2. The van der Waals surface area contributed by atoms with Gasteiger partial charge in [0.05, 0.1) is 16.7 Å². The number of hydrogen-bond acceptors (Lipinski definition) is 3. The van der Waals surface area contributed by atoms with Crippen molar-refractivity contribution in [2.75, 3.05) is 6.54 Å². The number of nitrogens with zero attached hydrogens (tertiary/aromatic N) is 1. The van der Waals surface area contributed by atoms with Gasteiger partial charge in [-0.3, -0.25) is 10.1 Å². The molecule has 1 N–H and O–H groups in total. The highest BCUT2D eigenvalue weighted by molar-refractivity contribution is 5.24. The molecule has 0 radical (unpaired) electrons. The summed E-state index contributed by atoms with van der Waals surface area (Å²) in [6, 6.07) is 4.81. The normalized spacial score (nSPS) is 11.7. The van der Waals surface area contributed by atoms with Gasteiger partial charge in [0.1, 0.15) is 0 Å². The standard InChI is InChI=1S/C11H11F3N2O2/c12-11(13,14)10-3-1-9(2-4-10)5-6-15-7-8-16(17)18/h1-4,7-8,15H,5-6H2. The SMILES string of the molecule is O=[N+]([O-])C=CNCCc1ccc(C(F)(F)F)cc1. The summed E-state index contributed by atoms with van der Waals surface area (Å²) in [6.07, 6.45) is -1.90. The van der Waals surface area contributed by atoms with Crippen molar-refractivity contribution < 1.29 is 18.1 Å². The molecule has 0 heterocycles. The number of benzene rings is 1. The Morgan fingerprint density at radius 1 is 1.28 bits per heavy atom. The van der Waals surface area contributed by atoms with Gasteiger partial charge in [0, 0.05) is 6.54 Å². The fraction of sp³-hybridized carbons (Fsp3) is 0.273. The smallest absolute Gasteiger partial charge is 0.386 e. The molecule has 7 heteroatoms. The first-order valence-electron chi connectivity index (χ1n) is 5.09. The number of rotatable bonds is 5. The van der Waals surface area contributed by atoms with Crippen LogP contribution in [0.5, 0.6) is 0 Å². The van der Waals surface area contributed by atoms with Gasteiger partial charge in [0.2, 0.25) is 6.20 Å². The highest BCUT2D eigenvalue weighted by Gasteiger charge is 2.29. The minimum atomic E-state index is -4.33. The summed E-state index contributed by atoms with van der Waals surface area (Å²) in [5.74, 6) is 0. The van der Waals surface area contributed by atoms with Crippen molar-refractivity contribution >= 4 is 0 Å². The van der Waals surface area contributed by atoms with Crippen molar-refractivity contribution in [3.05, 3.63) is 57.9 Å². The zero-order chi connectivity index (χ0) is 13.6. The molecule has 0 saturated heterocycles. The van der Waals surface area contributed by atoms with E-state index >= 15 is 0 Å². The van der Waals surface area contributed by atoms with Gasteiger partial charge in [0.15, 0.2) is 0 Å². The van der Waals surface area contributed by atoms with Crippen molar-refractivity contribution in [3.8, 4) is 0 Å². The van der Waals surface area contributed by atoms with Gasteiger partial charge in [-0.25, -0.2) is 0 Å². The molecule has 0 aliphatic rings. The molecule has 0 bridgehead atoms. The van der Waals surface area contributed by atoms with Crippen molar-refractivity contribution in [1.82, 2.24) is 5.32 Å². The number of halogens is 3. The third-order valence-corrected chi connectivity index (χ3v) is 2.15. The zero-order valence-corrected chi connectivity index (χ0v) is 9.28. The van der Waals surface area contributed by atoms with E-state index in [-0.39, 0.29) is 0 Å². The highest BCUT2D eigenvalue weighted by Crippen LogP contribution is 2.29. The molecule has 18 heavy (non-hydrogen) atoms. The van der Waals surface area contributed by atoms with Crippen molar-refractivity contribution in [2.24, 2.45) is 0 Å². The average Bonchev–Trinajstić information content (AvgIpc) is 2.27. The minimum absolute atomic E-state index is 0.412. The number of hydrogen-bond donors (Lipinski definition) is 1. The van der Waals surface area contributed by atoms with Crippen LogP contribution in [0.25, 0.3) is 0 Å². The maximum atomic E-state index is 12.3. The summed E-state index contributed by atoms with van der Waals surface area (Å²) in [7, 11) is 0. The molecular weight excluding hydrogens is 249 g/mol. The lowest BCUT2D eigenvalue weighted by Gasteiger charge is -2.07. The molecule has 0 fully saturated rings. The maximum absolute atomic E-state index is 12.3. The van der Waals surface area contributed by atoms with Crippen LogP contribution in [0.3, 0.4) is 0 Å². The van der Waals surface area contributed by atoms with E-state index in [9.17, 15) is 23.3 Å². The van der Waals surface area contributed by atoms with Crippen LogP contribution in [0.15, 0.2) is 36.7 Å². The minimum Gasteiger partial charge on any atom is -0.386 e.